The molecule has 0 radical (unpaired) electrons. The summed E-state index contributed by atoms with van der Waals surface area (Å²) in [7, 11) is 1.56. The van der Waals surface area contributed by atoms with Crippen molar-refractivity contribution in [2.45, 2.75) is 13.0 Å². The van der Waals surface area contributed by atoms with E-state index in [1.54, 1.807) is 79.9 Å². The summed E-state index contributed by atoms with van der Waals surface area (Å²) in [5.41, 5.74) is 1.96. The molecule has 1 unspecified atom stereocenters. The number of amides is 1. The Morgan fingerprint density at radius 2 is 1.63 bits per heavy atom. The lowest BCUT2D eigenvalue weighted by Gasteiger charge is -2.16. The molecule has 0 fully saturated rings. The van der Waals surface area contributed by atoms with Gasteiger partial charge in [-0.05, 0) is 55.0 Å². The molecule has 0 spiro atoms. The zero-order valence-corrected chi connectivity index (χ0v) is 23.1. The predicted octanol–water partition coefficient (Wildman–Crippen LogP) is 6.92. The number of para-hydroxylation sites is 1. The van der Waals surface area contributed by atoms with Crippen LogP contribution in [0.4, 0.5) is 11.4 Å². The summed E-state index contributed by atoms with van der Waals surface area (Å²) >= 11 is 6.38. The van der Waals surface area contributed by atoms with E-state index >= 15 is 0 Å². The Kier molecular flexibility index (Phi) is 8.31. The number of benzene rings is 4. The number of carbonyl (C=O) groups excluding carboxylic acids is 1. The van der Waals surface area contributed by atoms with Crippen molar-refractivity contribution in [3.8, 4) is 22.9 Å². The second-order valence-electron chi connectivity index (χ2n) is 9.14. The molecule has 5 aromatic rings. The van der Waals surface area contributed by atoms with Gasteiger partial charge in [0, 0.05) is 17.3 Å². The minimum absolute atomic E-state index is 0.109. The molecule has 5 rings (SSSR count). The highest BCUT2D eigenvalue weighted by molar-refractivity contribution is 6.32. The van der Waals surface area contributed by atoms with E-state index < -0.39 is 5.56 Å². The lowest BCUT2D eigenvalue weighted by atomic mass is 10.1. The van der Waals surface area contributed by atoms with Crippen LogP contribution in [0, 0.1) is 0 Å². The van der Waals surface area contributed by atoms with E-state index in [0.29, 0.717) is 33.5 Å². The van der Waals surface area contributed by atoms with Gasteiger partial charge >= 0.3 is 0 Å². The lowest BCUT2D eigenvalue weighted by molar-refractivity contribution is 0.0940. The van der Waals surface area contributed by atoms with Crippen molar-refractivity contribution in [2.75, 3.05) is 12.4 Å². The van der Waals surface area contributed by atoms with Crippen molar-refractivity contribution in [1.29, 1.82) is 0 Å². The van der Waals surface area contributed by atoms with Crippen LogP contribution in [0.5, 0.6) is 17.2 Å². The van der Waals surface area contributed by atoms with Gasteiger partial charge in [-0.15, -0.1) is 0 Å². The van der Waals surface area contributed by atoms with Crippen LogP contribution in [0.3, 0.4) is 0 Å². The van der Waals surface area contributed by atoms with Crippen LogP contribution in [0.15, 0.2) is 114 Å². The molecule has 0 aliphatic rings. The van der Waals surface area contributed by atoms with Gasteiger partial charge in [-0.2, -0.15) is 9.78 Å². The van der Waals surface area contributed by atoms with Gasteiger partial charge in [-0.25, -0.2) is 0 Å². The smallest absolute Gasteiger partial charge is 0.299 e. The van der Waals surface area contributed by atoms with Gasteiger partial charge in [-0.3, -0.25) is 9.59 Å². The van der Waals surface area contributed by atoms with Crippen molar-refractivity contribution in [1.82, 2.24) is 15.1 Å². The molecule has 2 N–H and O–H groups in total. The summed E-state index contributed by atoms with van der Waals surface area (Å²) in [5.74, 6) is 0.977. The van der Waals surface area contributed by atoms with Gasteiger partial charge in [0.1, 0.15) is 11.5 Å². The fourth-order valence-electron chi connectivity index (χ4n) is 4.21. The third-order valence-electron chi connectivity index (χ3n) is 6.33. The molecule has 1 atom stereocenters. The van der Waals surface area contributed by atoms with Gasteiger partial charge in [0.25, 0.3) is 11.5 Å². The first-order valence-electron chi connectivity index (χ1n) is 12.8. The number of halogens is 1. The van der Waals surface area contributed by atoms with Crippen LogP contribution in [-0.4, -0.2) is 22.8 Å². The Balaban J connectivity index is 1.49. The van der Waals surface area contributed by atoms with E-state index in [2.05, 4.69) is 15.7 Å². The highest BCUT2D eigenvalue weighted by Gasteiger charge is 2.18. The first-order chi connectivity index (χ1) is 19.9. The average Bonchev–Trinajstić information content (AvgIpc) is 3.00. The highest BCUT2D eigenvalue weighted by atomic mass is 35.5. The monoisotopic (exact) mass is 566 g/mol. The topological polar surface area (TPSA) is 94.5 Å². The molecule has 0 bridgehead atoms. The first-order valence-corrected chi connectivity index (χ1v) is 13.2. The largest absolute Gasteiger partial charge is 0.497 e. The zero-order valence-electron chi connectivity index (χ0n) is 22.4. The van der Waals surface area contributed by atoms with Gasteiger partial charge in [0.2, 0.25) is 0 Å². The molecular formula is C32H27ClN4O4. The van der Waals surface area contributed by atoms with E-state index in [-0.39, 0.29) is 23.4 Å². The van der Waals surface area contributed by atoms with Crippen LogP contribution in [0.2, 0.25) is 5.02 Å². The minimum atomic E-state index is -0.494. The second-order valence-corrected chi connectivity index (χ2v) is 9.55. The summed E-state index contributed by atoms with van der Waals surface area (Å²) in [4.78, 5) is 26.9. The molecule has 1 aromatic heterocycles. The van der Waals surface area contributed by atoms with Crippen LogP contribution in [0.1, 0.15) is 28.9 Å². The quantitative estimate of drug-likeness (QED) is 0.201. The highest BCUT2D eigenvalue weighted by Crippen LogP contribution is 2.31. The number of nitrogens with zero attached hydrogens (tertiary/aromatic N) is 2. The van der Waals surface area contributed by atoms with Crippen molar-refractivity contribution in [3.05, 3.63) is 136 Å². The molecule has 1 amide bonds. The summed E-state index contributed by atoms with van der Waals surface area (Å²) in [6.07, 6.45) is 1.44. The Morgan fingerprint density at radius 1 is 0.902 bits per heavy atom. The summed E-state index contributed by atoms with van der Waals surface area (Å²) in [5, 5.41) is 10.8. The van der Waals surface area contributed by atoms with Crippen LogP contribution in [0.25, 0.3) is 5.69 Å². The molecule has 0 aliphatic carbocycles. The Bertz CT molecular complexity index is 1740. The van der Waals surface area contributed by atoms with Gasteiger partial charge in [0.05, 0.1) is 30.1 Å². The Hall–Kier alpha value is -5.08. The fraction of sp³-hybridized carbons (Fsp3) is 0.0938. The summed E-state index contributed by atoms with van der Waals surface area (Å²) in [6.45, 7) is 1.92. The van der Waals surface area contributed by atoms with Gasteiger partial charge in [-0.1, -0.05) is 66.2 Å². The SMILES string of the molecule is COc1cccc(Oc2cnn(-c3ccccc3Cl)c(=O)c2Nc2cccc(C(=O)NC(C)c3ccccc3)c2)c1. The normalized spacial score (nSPS) is 11.4. The fourth-order valence-corrected chi connectivity index (χ4v) is 4.42. The number of ether oxygens (including phenoxy) is 2. The molecule has 41 heavy (non-hydrogen) atoms. The number of aromatic nitrogens is 2. The predicted molar refractivity (Wildman–Crippen MR) is 160 cm³/mol. The Labute approximate surface area is 242 Å². The number of nitrogens with one attached hydrogen (secondary N) is 2. The van der Waals surface area contributed by atoms with E-state index in [1.807, 2.05) is 37.3 Å². The molecule has 4 aromatic carbocycles. The van der Waals surface area contributed by atoms with E-state index in [0.717, 1.165) is 5.56 Å². The lowest BCUT2D eigenvalue weighted by Crippen LogP contribution is -2.26. The molecule has 1 heterocycles. The number of anilines is 2. The van der Waals surface area contributed by atoms with Crippen molar-refractivity contribution < 1.29 is 14.3 Å². The summed E-state index contributed by atoms with van der Waals surface area (Å²) < 4.78 is 12.6. The van der Waals surface area contributed by atoms with Crippen LogP contribution >= 0.6 is 11.6 Å². The maximum absolute atomic E-state index is 13.8. The van der Waals surface area contributed by atoms with Crippen molar-refractivity contribution >= 4 is 28.9 Å². The third kappa shape index (κ3) is 6.40. The number of rotatable bonds is 9. The van der Waals surface area contributed by atoms with Gasteiger partial charge in [0.15, 0.2) is 11.4 Å². The first kappa shape index (κ1) is 27.5. The van der Waals surface area contributed by atoms with Crippen LogP contribution < -0.4 is 25.7 Å². The van der Waals surface area contributed by atoms with E-state index in [1.165, 1.54) is 10.9 Å². The van der Waals surface area contributed by atoms with Crippen molar-refractivity contribution in [3.63, 3.8) is 0 Å². The number of hydrogen-bond acceptors (Lipinski definition) is 6. The molecule has 0 aliphatic heterocycles. The zero-order chi connectivity index (χ0) is 28.8. The Morgan fingerprint density at radius 3 is 2.41 bits per heavy atom. The summed E-state index contributed by atoms with van der Waals surface area (Å²) in [6, 6.07) is 30.3. The average molecular weight is 567 g/mol. The molecule has 9 heteroatoms. The van der Waals surface area contributed by atoms with Gasteiger partial charge < -0.3 is 20.1 Å². The van der Waals surface area contributed by atoms with E-state index in [9.17, 15) is 9.59 Å². The number of hydrogen-bond donors (Lipinski definition) is 2. The minimum Gasteiger partial charge on any atom is -0.497 e. The van der Waals surface area contributed by atoms with Crippen molar-refractivity contribution in [2.24, 2.45) is 0 Å². The number of methoxy groups -OCH3 is 1. The maximum atomic E-state index is 13.8. The number of carbonyl (C=O) groups is 1. The molecule has 0 saturated carbocycles. The van der Waals surface area contributed by atoms with Crippen LogP contribution in [-0.2, 0) is 0 Å². The molecular weight excluding hydrogens is 540 g/mol. The second kappa shape index (κ2) is 12.4. The van der Waals surface area contributed by atoms with E-state index in [4.69, 9.17) is 21.1 Å². The molecule has 0 saturated heterocycles. The maximum Gasteiger partial charge on any atom is 0.299 e. The third-order valence-corrected chi connectivity index (χ3v) is 6.65. The standard InChI is InChI=1S/C32H27ClN4O4/c1-21(22-10-4-3-5-11-22)35-31(38)23-12-8-13-24(18-23)36-30-29(41-26-15-9-14-25(19-26)40-2)20-34-37(32(30)39)28-17-7-6-16-27(28)33/h3-21,36H,1-2H3,(H,35,38). The molecule has 206 valence electrons. The molecule has 8 nitrogen and oxygen atoms in total.